The van der Waals surface area contributed by atoms with Crippen LogP contribution in [0.5, 0.6) is 0 Å². The molecule has 0 heterocycles. The molecule has 0 aliphatic heterocycles. The normalized spacial score (nSPS) is 13.8. The van der Waals surface area contributed by atoms with Crippen molar-refractivity contribution in [3.63, 3.8) is 0 Å². The molecule has 0 aromatic heterocycles. The quantitative estimate of drug-likeness (QED) is 0.117. The van der Waals surface area contributed by atoms with Crippen molar-refractivity contribution in [2.75, 3.05) is 46.4 Å². The molecule has 0 fully saturated rings. The summed E-state index contributed by atoms with van der Waals surface area (Å²) in [5, 5.41) is 21.6. The summed E-state index contributed by atoms with van der Waals surface area (Å²) >= 11 is 0. The van der Waals surface area contributed by atoms with Crippen LogP contribution in [0.15, 0.2) is 0 Å². The molecule has 0 bridgehead atoms. The topological polar surface area (TPSA) is 97.3 Å². The first-order valence-electron chi connectivity index (χ1n) is 13.3. The predicted molar refractivity (Wildman–Crippen MR) is 155 cm³/mol. The van der Waals surface area contributed by atoms with E-state index >= 15 is 0 Å². The molecule has 8 nitrogen and oxygen atoms in total. The second-order valence-electron chi connectivity index (χ2n) is 12.8. The highest BCUT2D eigenvalue weighted by molar-refractivity contribution is 6.90. The standard InChI is InChI=1S/C23H56N2O6Si4/c1-25(18-20-26,19-21-27)17-13-11-12-15-23(28)24-16-14-22-35(29-32(2,3)4,30-33(5,6)7)31-34(8,9)10/h26-27H,11-22H2,1-10H3/p+1. The van der Waals surface area contributed by atoms with Crippen molar-refractivity contribution >= 4 is 39.7 Å². The van der Waals surface area contributed by atoms with E-state index in [0.717, 1.165) is 38.3 Å². The third-order valence-electron chi connectivity index (χ3n) is 5.25. The van der Waals surface area contributed by atoms with E-state index in [2.05, 4.69) is 71.3 Å². The summed E-state index contributed by atoms with van der Waals surface area (Å²) in [6.45, 7) is 22.7. The number of nitrogens with zero attached hydrogens (tertiary/aromatic N) is 1. The Bertz CT molecular complexity index is 559. The van der Waals surface area contributed by atoms with Gasteiger partial charge in [-0.25, -0.2) is 0 Å². The van der Waals surface area contributed by atoms with Gasteiger partial charge in [-0.2, -0.15) is 0 Å². The highest BCUT2D eigenvalue weighted by Crippen LogP contribution is 2.29. The lowest BCUT2D eigenvalue weighted by atomic mass is 10.1. The molecule has 210 valence electrons. The van der Waals surface area contributed by atoms with E-state index < -0.39 is 33.8 Å². The zero-order valence-electron chi connectivity index (χ0n) is 24.5. The van der Waals surface area contributed by atoms with Crippen molar-refractivity contribution in [1.82, 2.24) is 5.32 Å². The Balaban J connectivity index is 4.70. The van der Waals surface area contributed by atoms with Crippen LogP contribution in [-0.4, -0.2) is 101 Å². The van der Waals surface area contributed by atoms with Crippen LogP contribution >= 0.6 is 0 Å². The lowest BCUT2D eigenvalue weighted by Gasteiger charge is -2.43. The van der Waals surface area contributed by atoms with Gasteiger partial charge in [0.25, 0.3) is 0 Å². The van der Waals surface area contributed by atoms with Crippen LogP contribution in [0.2, 0.25) is 65.0 Å². The van der Waals surface area contributed by atoms with E-state index in [9.17, 15) is 15.0 Å². The third kappa shape index (κ3) is 18.9. The summed E-state index contributed by atoms with van der Waals surface area (Å²) in [4.78, 5) is 12.4. The molecule has 35 heavy (non-hydrogen) atoms. The number of carbonyl (C=O) groups is 1. The maximum absolute atomic E-state index is 12.4. The summed E-state index contributed by atoms with van der Waals surface area (Å²) in [5.41, 5.74) is 0. The fraction of sp³-hybridized carbons (Fsp3) is 0.957. The number of rotatable bonds is 20. The molecular formula is C23H57N2O6Si4+. The minimum absolute atomic E-state index is 0.0866. The number of aliphatic hydroxyl groups is 2. The third-order valence-corrected chi connectivity index (χ3v) is 17.3. The van der Waals surface area contributed by atoms with Crippen molar-refractivity contribution in [3.05, 3.63) is 0 Å². The Morgan fingerprint density at radius 2 is 1.17 bits per heavy atom. The second-order valence-corrected chi connectivity index (χ2v) is 29.8. The molecule has 0 atom stereocenters. The average molecular weight is 570 g/mol. The number of hydrogen-bond acceptors (Lipinski definition) is 6. The van der Waals surface area contributed by atoms with E-state index in [-0.39, 0.29) is 19.1 Å². The van der Waals surface area contributed by atoms with Crippen LogP contribution in [0, 0.1) is 0 Å². The maximum Gasteiger partial charge on any atom is 0.469 e. The first-order chi connectivity index (χ1) is 15.8. The molecule has 0 saturated carbocycles. The van der Waals surface area contributed by atoms with Crippen molar-refractivity contribution in [3.8, 4) is 0 Å². The molecule has 0 aromatic carbocycles. The zero-order valence-corrected chi connectivity index (χ0v) is 28.5. The Morgan fingerprint density at radius 1 is 0.714 bits per heavy atom. The number of aliphatic hydroxyl groups excluding tert-OH is 2. The smallest absolute Gasteiger partial charge is 0.417 e. The molecule has 0 radical (unpaired) electrons. The average Bonchev–Trinajstić information content (AvgIpc) is 2.61. The molecule has 0 saturated heterocycles. The molecule has 0 spiro atoms. The second kappa shape index (κ2) is 15.5. The number of amides is 1. The van der Waals surface area contributed by atoms with E-state index in [4.69, 9.17) is 12.3 Å². The van der Waals surface area contributed by atoms with E-state index in [1.807, 2.05) is 0 Å². The molecule has 0 unspecified atom stereocenters. The van der Waals surface area contributed by atoms with Crippen LogP contribution in [0.4, 0.5) is 0 Å². The molecule has 3 N–H and O–H groups in total. The molecule has 12 heteroatoms. The Labute approximate surface area is 220 Å². The van der Waals surface area contributed by atoms with Crippen molar-refractivity contribution in [2.24, 2.45) is 0 Å². The van der Waals surface area contributed by atoms with Crippen LogP contribution in [0.3, 0.4) is 0 Å². The number of quaternary nitrogens is 1. The molecule has 0 aliphatic carbocycles. The van der Waals surface area contributed by atoms with Crippen LogP contribution in [0.25, 0.3) is 0 Å². The summed E-state index contributed by atoms with van der Waals surface area (Å²) in [6, 6.07) is 0.734. The molecule has 1 amide bonds. The zero-order chi connectivity index (χ0) is 27.4. The predicted octanol–water partition coefficient (Wildman–Crippen LogP) is 3.98. The number of hydrogen-bond donors (Lipinski definition) is 3. The van der Waals surface area contributed by atoms with Gasteiger partial charge in [0.05, 0.1) is 26.8 Å². The van der Waals surface area contributed by atoms with E-state index in [0.29, 0.717) is 30.5 Å². The summed E-state index contributed by atoms with van der Waals surface area (Å²) in [5.74, 6) is 0.0866. The summed E-state index contributed by atoms with van der Waals surface area (Å²) in [7, 11) is -6.44. The molecular weight excluding hydrogens is 513 g/mol. The van der Waals surface area contributed by atoms with Crippen LogP contribution in [0.1, 0.15) is 32.1 Å². The van der Waals surface area contributed by atoms with Gasteiger partial charge in [0, 0.05) is 19.0 Å². The lowest BCUT2D eigenvalue weighted by Crippen LogP contribution is -2.60. The summed E-state index contributed by atoms with van der Waals surface area (Å²) < 4.78 is 20.8. The van der Waals surface area contributed by atoms with Crippen molar-refractivity contribution in [2.45, 2.75) is 97.1 Å². The van der Waals surface area contributed by atoms with Crippen LogP contribution < -0.4 is 5.32 Å². The molecule has 0 rings (SSSR count). The van der Waals surface area contributed by atoms with E-state index in [1.54, 1.807) is 0 Å². The number of likely N-dealkylation sites (N-methyl/N-ethyl adjacent to an activating group) is 1. The van der Waals surface area contributed by atoms with Crippen LogP contribution in [-0.2, 0) is 17.1 Å². The SMILES string of the molecule is C[N+](CCO)(CCO)CCCCCC(=O)NCCC[Si](O[Si](C)(C)C)(O[Si](C)(C)C)O[Si](C)(C)C. The maximum atomic E-state index is 12.4. The monoisotopic (exact) mass is 569 g/mol. The number of carbonyl (C=O) groups excluding carboxylic acids is 1. The van der Waals surface area contributed by atoms with Gasteiger partial charge in [-0.05, 0) is 84.6 Å². The first kappa shape index (κ1) is 35.1. The minimum atomic E-state index is -2.85. The van der Waals surface area contributed by atoms with Gasteiger partial charge in [-0.15, -0.1) is 0 Å². The highest BCUT2D eigenvalue weighted by atomic mass is 28.5. The largest absolute Gasteiger partial charge is 0.469 e. The van der Waals surface area contributed by atoms with Gasteiger partial charge in [0.15, 0.2) is 25.0 Å². The number of unbranched alkanes of at least 4 members (excludes halogenated alkanes) is 2. The minimum Gasteiger partial charge on any atom is -0.417 e. The van der Waals surface area contributed by atoms with E-state index in [1.165, 1.54) is 0 Å². The van der Waals surface area contributed by atoms with Crippen molar-refractivity contribution in [1.29, 1.82) is 0 Å². The van der Waals surface area contributed by atoms with Gasteiger partial charge in [-0.3, -0.25) is 4.79 Å². The Kier molecular flexibility index (Phi) is 15.5. The number of nitrogens with one attached hydrogen (secondary N) is 1. The van der Waals surface area contributed by atoms with Gasteiger partial charge >= 0.3 is 8.80 Å². The van der Waals surface area contributed by atoms with Gasteiger partial charge in [-0.1, -0.05) is 0 Å². The molecule has 0 aliphatic rings. The van der Waals surface area contributed by atoms with Gasteiger partial charge in [0.1, 0.15) is 13.1 Å². The fourth-order valence-electron chi connectivity index (χ4n) is 4.01. The summed E-state index contributed by atoms with van der Waals surface area (Å²) in [6.07, 6.45) is 4.10. The highest BCUT2D eigenvalue weighted by Gasteiger charge is 2.49. The Hall–Kier alpha value is 0.0975. The van der Waals surface area contributed by atoms with Gasteiger partial charge in [0.2, 0.25) is 5.91 Å². The molecule has 0 aromatic rings. The van der Waals surface area contributed by atoms with Gasteiger partial charge < -0.3 is 32.4 Å². The Morgan fingerprint density at radius 3 is 1.57 bits per heavy atom. The lowest BCUT2D eigenvalue weighted by molar-refractivity contribution is -0.910. The fourth-order valence-corrected chi connectivity index (χ4v) is 18.7. The van der Waals surface area contributed by atoms with Crippen molar-refractivity contribution < 1.29 is 31.8 Å². The first-order valence-corrected chi connectivity index (χ1v) is 25.4.